The molecular formula is C13H18. The van der Waals surface area contributed by atoms with E-state index in [-0.39, 0.29) is 0 Å². The van der Waals surface area contributed by atoms with E-state index in [1.54, 1.807) is 0 Å². The van der Waals surface area contributed by atoms with Crippen LogP contribution in [-0.4, -0.2) is 0 Å². The van der Waals surface area contributed by atoms with Crippen molar-refractivity contribution in [3.05, 3.63) is 47.6 Å². The monoisotopic (exact) mass is 174 g/mol. The van der Waals surface area contributed by atoms with Crippen LogP contribution in [0.25, 0.3) is 0 Å². The molecule has 0 aromatic carbocycles. The molecule has 0 heterocycles. The molecule has 0 aromatic heterocycles. The first-order chi connectivity index (χ1) is 6.06. The molecule has 0 bridgehead atoms. The van der Waals surface area contributed by atoms with Crippen LogP contribution in [-0.2, 0) is 0 Å². The molecule has 1 aliphatic carbocycles. The van der Waals surface area contributed by atoms with Gasteiger partial charge in [0.05, 0.1) is 0 Å². The van der Waals surface area contributed by atoms with Crippen molar-refractivity contribution in [2.75, 3.05) is 0 Å². The smallest absolute Gasteiger partial charge is 0.0150 e. The highest BCUT2D eigenvalue weighted by Gasteiger charge is 2.23. The first kappa shape index (κ1) is 10.0. The molecule has 1 atom stereocenters. The lowest BCUT2D eigenvalue weighted by molar-refractivity contribution is 0.743. The highest BCUT2D eigenvalue weighted by atomic mass is 14.3. The maximum absolute atomic E-state index is 4.12. The van der Waals surface area contributed by atoms with Gasteiger partial charge in [-0.3, -0.25) is 0 Å². The SMILES string of the molecule is C=C(C)/C=C1/C(=C)C(C)C/C1=C/C. The number of hydrogen-bond acceptors (Lipinski definition) is 0. The summed E-state index contributed by atoms with van der Waals surface area (Å²) in [6, 6.07) is 0. The second-order valence-electron chi connectivity index (χ2n) is 3.85. The standard InChI is InChI=1S/C13H18/c1-6-12-8-10(4)11(5)13(12)7-9(2)3/h6-7,10H,2,5,8H2,1,3-4H3/b12-6-,13-7-. The summed E-state index contributed by atoms with van der Waals surface area (Å²) in [5, 5.41) is 0. The number of allylic oxidation sites excluding steroid dienone is 6. The maximum atomic E-state index is 4.12. The molecule has 1 fully saturated rings. The summed E-state index contributed by atoms with van der Waals surface area (Å²) in [5.41, 5.74) is 5.09. The van der Waals surface area contributed by atoms with E-state index in [0.717, 1.165) is 12.0 Å². The van der Waals surface area contributed by atoms with Crippen molar-refractivity contribution in [1.82, 2.24) is 0 Å². The van der Waals surface area contributed by atoms with Gasteiger partial charge in [0.1, 0.15) is 0 Å². The fraction of sp³-hybridized carbons (Fsp3) is 0.385. The van der Waals surface area contributed by atoms with Crippen LogP contribution >= 0.6 is 0 Å². The zero-order valence-electron chi connectivity index (χ0n) is 8.85. The molecule has 0 heteroatoms. The third-order valence-electron chi connectivity index (χ3n) is 2.55. The predicted octanol–water partition coefficient (Wildman–Crippen LogP) is 4.03. The molecule has 0 amide bonds. The van der Waals surface area contributed by atoms with Gasteiger partial charge in [-0.25, -0.2) is 0 Å². The van der Waals surface area contributed by atoms with Gasteiger partial charge in [-0.05, 0) is 42.9 Å². The minimum atomic E-state index is 0.594. The van der Waals surface area contributed by atoms with E-state index >= 15 is 0 Å². The summed E-state index contributed by atoms with van der Waals surface area (Å²) in [6.07, 6.45) is 5.46. The largest absolute Gasteiger partial charge is 0.0961 e. The van der Waals surface area contributed by atoms with Gasteiger partial charge in [0.25, 0.3) is 0 Å². The van der Waals surface area contributed by atoms with E-state index in [2.05, 4.69) is 39.2 Å². The zero-order valence-corrected chi connectivity index (χ0v) is 8.85. The second kappa shape index (κ2) is 3.78. The summed E-state index contributed by atoms with van der Waals surface area (Å²) >= 11 is 0. The van der Waals surface area contributed by atoms with E-state index in [1.807, 2.05) is 6.92 Å². The van der Waals surface area contributed by atoms with Crippen LogP contribution < -0.4 is 0 Å². The lowest BCUT2D eigenvalue weighted by Gasteiger charge is -2.02. The molecule has 70 valence electrons. The molecule has 0 nitrogen and oxygen atoms in total. The van der Waals surface area contributed by atoms with Crippen LogP contribution in [0.15, 0.2) is 47.6 Å². The van der Waals surface area contributed by atoms with Crippen LogP contribution in [0.4, 0.5) is 0 Å². The van der Waals surface area contributed by atoms with Crippen molar-refractivity contribution in [3.8, 4) is 0 Å². The average Bonchev–Trinajstić information content (AvgIpc) is 2.31. The van der Waals surface area contributed by atoms with Gasteiger partial charge in [-0.1, -0.05) is 37.8 Å². The molecule has 1 saturated carbocycles. The van der Waals surface area contributed by atoms with Crippen molar-refractivity contribution >= 4 is 0 Å². The van der Waals surface area contributed by atoms with E-state index in [1.165, 1.54) is 16.7 Å². The van der Waals surface area contributed by atoms with Gasteiger partial charge in [0.2, 0.25) is 0 Å². The van der Waals surface area contributed by atoms with Crippen LogP contribution in [0.5, 0.6) is 0 Å². The topological polar surface area (TPSA) is 0 Å². The van der Waals surface area contributed by atoms with Crippen molar-refractivity contribution < 1.29 is 0 Å². The summed E-state index contributed by atoms with van der Waals surface area (Å²) in [4.78, 5) is 0. The zero-order chi connectivity index (χ0) is 10.0. The molecule has 0 radical (unpaired) electrons. The Bertz CT molecular complexity index is 300. The van der Waals surface area contributed by atoms with Gasteiger partial charge >= 0.3 is 0 Å². The van der Waals surface area contributed by atoms with Gasteiger partial charge in [0.15, 0.2) is 0 Å². The van der Waals surface area contributed by atoms with Crippen molar-refractivity contribution in [2.24, 2.45) is 5.92 Å². The normalized spacial score (nSPS) is 28.8. The van der Waals surface area contributed by atoms with Crippen LogP contribution in [0.1, 0.15) is 27.2 Å². The molecule has 13 heavy (non-hydrogen) atoms. The Kier molecular flexibility index (Phi) is 2.92. The predicted molar refractivity (Wildman–Crippen MR) is 59.6 cm³/mol. The second-order valence-corrected chi connectivity index (χ2v) is 3.85. The number of rotatable bonds is 1. The Morgan fingerprint density at radius 2 is 2.15 bits per heavy atom. The molecule has 0 spiro atoms. The van der Waals surface area contributed by atoms with E-state index in [9.17, 15) is 0 Å². The fourth-order valence-electron chi connectivity index (χ4n) is 1.74. The van der Waals surface area contributed by atoms with Crippen molar-refractivity contribution in [3.63, 3.8) is 0 Å². The minimum Gasteiger partial charge on any atom is -0.0961 e. The van der Waals surface area contributed by atoms with Gasteiger partial charge in [-0.2, -0.15) is 0 Å². The van der Waals surface area contributed by atoms with Crippen molar-refractivity contribution in [1.29, 1.82) is 0 Å². The van der Waals surface area contributed by atoms with Gasteiger partial charge in [0, 0.05) is 0 Å². The Hall–Kier alpha value is -1.04. The first-order valence-corrected chi connectivity index (χ1v) is 4.78. The Balaban J connectivity index is 3.07. The molecule has 1 rings (SSSR count). The molecule has 1 unspecified atom stereocenters. The molecule has 0 aromatic rings. The molecular weight excluding hydrogens is 156 g/mol. The van der Waals surface area contributed by atoms with Crippen molar-refractivity contribution in [2.45, 2.75) is 27.2 Å². The minimum absolute atomic E-state index is 0.594. The summed E-state index contributed by atoms with van der Waals surface area (Å²) < 4.78 is 0. The van der Waals surface area contributed by atoms with Crippen LogP contribution in [0.3, 0.4) is 0 Å². The average molecular weight is 174 g/mol. The Labute approximate surface area is 81.4 Å². The van der Waals surface area contributed by atoms with Gasteiger partial charge < -0.3 is 0 Å². The fourth-order valence-corrected chi connectivity index (χ4v) is 1.74. The lowest BCUT2D eigenvalue weighted by atomic mass is 10.0. The third-order valence-corrected chi connectivity index (χ3v) is 2.55. The van der Waals surface area contributed by atoms with E-state index < -0.39 is 0 Å². The quantitative estimate of drug-likeness (QED) is 0.563. The highest BCUT2D eigenvalue weighted by Crippen LogP contribution is 2.39. The van der Waals surface area contributed by atoms with Gasteiger partial charge in [-0.15, -0.1) is 0 Å². The maximum Gasteiger partial charge on any atom is -0.0150 e. The third kappa shape index (κ3) is 2.00. The summed E-state index contributed by atoms with van der Waals surface area (Å²) in [6.45, 7) is 14.4. The summed E-state index contributed by atoms with van der Waals surface area (Å²) in [7, 11) is 0. The van der Waals surface area contributed by atoms with Crippen LogP contribution in [0.2, 0.25) is 0 Å². The van der Waals surface area contributed by atoms with E-state index in [4.69, 9.17) is 0 Å². The summed E-state index contributed by atoms with van der Waals surface area (Å²) in [5.74, 6) is 0.594. The Morgan fingerprint density at radius 1 is 1.54 bits per heavy atom. The lowest BCUT2D eigenvalue weighted by Crippen LogP contribution is -1.86. The molecule has 0 aliphatic heterocycles. The molecule has 0 saturated heterocycles. The first-order valence-electron chi connectivity index (χ1n) is 4.78. The van der Waals surface area contributed by atoms with E-state index in [0.29, 0.717) is 5.92 Å². The highest BCUT2D eigenvalue weighted by molar-refractivity contribution is 5.54. The Morgan fingerprint density at radius 3 is 2.62 bits per heavy atom. The molecule has 0 N–H and O–H groups in total. The molecule has 1 aliphatic rings. The number of hydrogen-bond donors (Lipinski definition) is 0. The van der Waals surface area contributed by atoms with Crippen LogP contribution in [0, 0.1) is 5.92 Å².